The number of ketones is 1. The Bertz CT molecular complexity index is 748. The van der Waals surface area contributed by atoms with Crippen LogP contribution in [0.15, 0.2) is 23.4 Å². The molecule has 3 rings (SSSR count). The summed E-state index contributed by atoms with van der Waals surface area (Å²) in [6.45, 7) is 2.72. The van der Waals surface area contributed by atoms with Crippen molar-refractivity contribution in [2.45, 2.75) is 32.2 Å². The lowest BCUT2D eigenvalue weighted by Gasteiger charge is -2.40. The van der Waals surface area contributed by atoms with Crippen LogP contribution in [-0.2, 0) is 4.79 Å². The summed E-state index contributed by atoms with van der Waals surface area (Å²) in [6.07, 6.45) is 2.20. The Hall–Kier alpha value is -1.79. The van der Waals surface area contributed by atoms with Crippen LogP contribution in [-0.4, -0.2) is 34.6 Å². The van der Waals surface area contributed by atoms with E-state index in [0.717, 1.165) is 29.7 Å². The monoisotopic (exact) mass is 366 g/mol. The van der Waals surface area contributed by atoms with E-state index in [0.29, 0.717) is 18.1 Å². The molecule has 0 saturated carbocycles. The van der Waals surface area contributed by atoms with Crippen molar-refractivity contribution < 1.29 is 14.6 Å². The highest BCUT2D eigenvalue weighted by atomic mass is 35.5. The number of methoxy groups -OCH3 is 1. The first-order valence-electron chi connectivity index (χ1n) is 7.88. The van der Waals surface area contributed by atoms with Gasteiger partial charge in [0.25, 0.3) is 0 Å². The number of allylic oxidation sites excluding steroid dienone is 1. The molecule has 0 radical (unpaired) electrons. The summed E-state index contributed by atoms with van der Waals surface area (Å²) < 4.78 is 5.18. The van der Waals surface area contributed by atoms with Gasteiger partial charge in [0.2, 0.25) is 0 Å². The maximum atomic E-state index is 12.6. The Labute approximate surface area is 151 Å². The number of Topliss-reactive ketones (excluding diaryl/α,β-unsaturated/α-hetero) is 1. The predicted molar refractivity (Wildman–Crippen MR) is 96.4 cm³/mol. The number of benzene rings is 1. The number of ether oxygens (including phenoxy) is 1. The first-order valence-corrected chi connectivity index (χ1v) is 8.67. The molecule has 1 unspecified atom stereocenters. The first kappa shape index (κ1) is 17.0. The van der Waals surface area contributed by atoms with Gasteiger partial charge in [0.05, 0.1) is 18.2 Å². The number of carbonyl (C=O) groups is 1. The van der Waals surface area contributed by atoms with Crippen molar-refractivity contribution in [3.63, 3.8) is 0 Å². The van der Waals surface area contributed by atoms with Gasteiger partial charge >= 0.3 is 0 Å². The molecule has 24 heavy (non-hydrogen) atoms. The Balaban J connectivity index is 2.15. The molecule has 1 aliphatic carbocycles. The molecular weight excluding hydrogens is 348 g/mol. The molecule has 1 heterocycles. The van der Waals surface area contributed by atoms with Gasteiger partial charge in [0.15, 0.2) is 22.4 Å². The van der Waals surface area contributed by atoms with E-state index in [-0.39, 0.29) is 28.3 Å². The topological polar surface area (TPSA) is 61.8 Å². The molecule has 0 saturated heterocycles. The van der Waals surface area contributed by atoms with Crippen molar-refractivity contribution in [1.82, 2.24) is 10.2 Å². The van der Waals surface area contributed by atoms with Gasteiger partial charge in [-0.05, 0) is 49.7 Å². The number of phenols is 1. The van der Waals surface area contributed by atoms with E-state index in [4.69, 9.17) is 28.6 Å². The van der Waals surface area contributed by atoms with Crippen molar-refractivity contribution in [2.75, 3.05) is 13.7 Å². The van der Waals surface area contributed by atoms with Crippen molar-refractivity contribution in [3.05, 3.63) is 34.0 Å². The van der Waals surface area contributed by atoms with Crippen molar-refractivity contribution in [3.8, 4) is 11.5 Å². The number of rotatable bonds is 3. The summed E-state index contributed by atoms with van der Waals surface area (Å²) in [7, 11) is 1.46. The van der Waals surface area contributed by atoms with Crippen LogP contribution in [0, 0.1) is 0 Å². The molecule has 5 nitrogen and oxygen atoms in total. The molecule has 1 atom stereocenters. The number of nitrogens with zero attached hydrogens (tertiary/aromatic N) is 1. The summed E-state index contributed by atoms with van der Waals surface area (Å²) in [6, 6.07) is 2.96. The molecule has 0 aromatic heterocycles. The normalized spacial score (nSPS) is 20.8. The van der Waals surface area contributed by atoms with Gasteiger partial charge in [0, 0.05) is 24.2 Å². The lowest BCUT2D eigenvalue weighted by molar-refractivity contribution is -0.116. The van der Waals surface area contributed by atoms with E-state index in [2.05, 4.69) is 5.32 Å². The second kappa shape index (κ2) is 6.61. The molecule has 0 bridgehead atoms. The number of halogens is 1. The molecule has 1 aromatic carbocycles. The van der Waals surface area contributed by atoms with E-state index in [1.165, 1.54) is 7.11 Å². The molecular formula is C17H19ClN2O3S. The van der Waals surface area contributed by atoms with E-state index in [9.17, 15) is 9.90 Å². The van der Waals surface area contributed by atoms with E-state index >= 15 is 0 Å². The Morgan fingerprint density at radius 3 is 2.88 bits per heavy atom. The highest BCUT2D eigenvalue weighted by molar-refractivity contribution is 7.80. The summed E-state index contributed by atoms with van der Waals surface area (Å²) in [5.41, 5.74) is 2.47. The van der Waals surface area contributed by atoms with Gasteiger partial charge < -0.3 is 20.1 Å². The molecule has 1 aromatic rings. The van der Waals surface area contributed by atoms with Gasteiger partial charge in [-0.15, -0.1) is 0 Å². The zero-order valence-corrected chi connectivity index (χ0v) is 15.1. The number of phenolic OH excluding ortho intramolecular Hbond substituents is 1. The maximum Gasteiger partial charge on any atom is 0.176 e. The number of thiocarbonyl (C=S) groups is 1. The van der Waals surface area contributed by atoms with Crippen LogP contribution in [0.2, 0.25) is 5.02 Å². The minimum atomic E-state index is -0.380. The fourth-order valence-electron chi connectivity index (χ4n) is 3.35. The highest BCUT2D eigenvalue weighted by Gasteiger charge is 2.37. The molecule has 0 fully saturated rings. The smallest absolute Gasteiger partial charge is 0.176 e. The molecule has 128 valence electrons. The summed E-state index contributed by atoms with van der Waals surface area (Å²) >= 11 is 11.6. The Kier molecular flexibility index (Phi) is 4.69. The third kappa shape index (κ3) is 2.74. The van der Waals surface area contributed by atoms with Gasteiger partial charge in [-0.25, -0.2) is 0 Å². The minimum Gasteiger partial charge on any atom is -0.503 e. The van der Waals surface area contributed by atoms with E-state index < -0.39 is 0 Å². The van der Waals surface area contributed by atoms with Crippen LogP contribution in [0.1, 0.15) is 37.8 Å². The van der Waals surface area contributed by atoms with Gasteiger partial charge in [-0.3, -0.25) is 4.79 Å². The van der Waals surface area contributed by atoms with Crippen molar-refractivity contribution >= 4 is 34.7 Å². The SMILES string of the molecule is CCN1C(=S)NC(c2cc(Cl)c(O)c(OC)c2)C2=C1CCCC2=O. The van der Waals surface area contributed by atoms with Crippen LogP contribution >= 0.6 is 23.8 Å². The fraction of sp³-hybridized carbons (Fsp3) is 0.412. The van der Waals surface area contributed by atoms with Crippen LogP contribution in [0.25, 0.3) is 0 Å². The predicted octanol–water partition coefficient (Wildman–Crippen LogP) is 3.31. The minimum absolute atomic E-state index is 0.110. The lowest BCUT2D eigenvalue weighted by Crippen LogP contribution is -2.49. The second-order valence-electron chi connectivity index (χ2n) is 5.82. The highest BCUT2D eigenvalue weighted by Crippen LogP contribution is 2.42. The zero-order chi connectivity index (χ0) is 17.4. The van der Waals surface area contributed by atoms with Gasteiger partial charge in [-0.1, -0.05) is 11.6 Å². The van der Waals surface area contributed by atoms with Crippen LogP contribution in [0.4, 0.5) is 0 Å². The molecule has 0 amide bonds. The first-order chi connectivity index (χ1) is 11.5. The van der Waals surface area contributed by atoms with Crippen molar-refractivity contribution in [2.24, 2.45) is 0 Å². The number of carbonyl (C=O) groups excluding carboxylic acids is 1. The standard InChI is InChI=1S/C17H19ClN2O3S/c1-3-20-11-5-4-6-12(21)14(11)15(19-17(20)24)9-7-10(18)16(22)13(8-9)23-2/h7-8,15,22H,3-6H2,1-2H3,(H,19,24). The van der Waals surface area contributed by atoms with E-state index in [1.807, 2.05) is 11.8 Å². The van der Waals surface area contributed by atoms with Crippen LogP contribution < -0.4 is 10.1 Å². The zero-order valence-electron chi connectivity index (χ0n) is 13.6. The number of hydrogen-bond donors (Lipinski definition) is 2. The third-order valence-electron chi connectivity index (χ3n) is 4.48. The maximum absolute atomic E-state index is 12.6. The van der Waals surface area contributed by atoms with Crippen molar-refractivity contribution in [1.29, 1.82) is 0 Å². The number of hydrogen-bond acceptors (Lipinski definition) is 4. The van der Waals surface area contributed by atoms with Gasteiger partial charge in [0.1, 0.15) is 0 Å². The fourth-order valence-corrected chi connectivity index (χ4v) is 3.93. The molecule has 2 N–H and O–H groups in total. The van der Waals surface area contributed by atoms with Crippen LogP contribution in [0.5, 0.6) is 11.5 Å². The summed E-state index contributed by atoms with van der Waals surface area (Å²) in [4.78, 5) is 14.6. The number of nitrogens with one attached hydrogen (secondary N) is 1. The second-order valence-corrected chi connectivity index (χ2v) is 6.61. The third-order valence-corrected chi connectivity index (χ3v) is 5.10. The summed E-state index contributed by atoms with van der Waals surface area (Å²) in [5.74, 6) is 0.284. The molecule has 1 aliphatic heterocycles. The average Bonchev–Trinajstić information content (AvgIpc) is 2.56. The largest absolute Gasteiger partial charge is 0.503 e. The Morgan fingerprint density at radius 2 is 2.21 bits per heavy atom. The molecule has 0 spiro atoms. The van der Waals surface area contributed by atoms with Gasteiger partial charge in [-0.2, -0.15) is 0 Å². The Morgan fingerprint density at radius 1 is 1.46 bits per heavy atom. The lowest BCUT2D eigenvalue weighted by atomic mass is 9.84. The quantitative estimate of drug-likeness (QED) is 0.800. The molecule has 7 heteroatoms. The number of aromatic hydroxyl groups is 1. The van der Waals surface area contributed by atoms with E-state index in [1.54, 1.807) is 12.1 Å². The average molecular weight is 367 g/mol. The van der Waals surface area contributed by atoms with Crippen LogP contribution in [0.3, 0.4) is 0 Å². The molecule has 2 aliphatic rings. The summed E-state index contributed by atoms with van der Waals surface area (Å²) in [5, 5.41) is 14.0.